The molecule has 0 aliphatic rings. The van der Waals surface area contributed by atoms with Crippen LogP contribution in [0.15, 0.2) is 91.0 Å². The van der Waals surface area contributed by atoms with Gasteiger partial charge >= 0.3 is 12.0 Å². The molecule has 2 atom stereocenters. The van der Waals surface area contributed by atoms with Crippen molar-refractivity contribution < 1.29 is 23.9 Å². The summed E-state index contributed by atoms with van der Waals surface area (Å²) < 4.78 is 5.29. The van der Waals surface area contributed by atoms with Gasteiger partial charge in [0, 0.05) is 13.0 Å². The number of alkyl carbamates (subject to hydrolysis) is 1. The largest absolute Gasteiger partial charge is 0.445 e. The lowest BCUT2D eigenvalue weighted by Crippen LogP contribution is -2.55. The molecule has 0 bridgehead atoms. The number of rotatable bonds is 14. The first-order valence-electron chi connectivity index (χ1n) is 13.2. The number of benzene rings is 3. The molecule has 9 nitrogen and oxygen atoms in total. The van der Waals surface area contributed by atoms with E-state index in [1.165, 1.54) is 0 Å². The zero-order chi connectivity index (χ0) is 28.7. The van der Waals surface area contributed by atoms with E-state index in [4.69, 9.17) is 4.74 Å². The van der Waals surface area contributed by atoms with Gasteiger partial charge in [-0.1, -0.05) is 105 Å². The van der Waals surface area contributed by atoms with Gasteiger partial charge in [0.05, 0.1) is 0 Å². The molecule has 3 amide bonds. The molecule has 3 aromatic carbocycles. The molecule has 0 heterocycles. The highest BCUT2D eigenvalue weighted by atomic mass is 16.5. The van der Waals surface area contributed by atoms with Crippen molar-refractivity contribution in [2.45, 2.75) is 51.9 Å². The van der Waals surface area contributed by atoms with Crippen molar-refractivity contribution in [2.24, 2.45) is 5.92 Å². The maximum atomic E-state index is 13.3. The summed E-state index contributed by atoms with van der Waals surface area (Å²) in [4.78, 5) is 51.7. The van der Waals surface area contributed by atoms with Crippen LogP contribution in [0.2, 0.25) is 0 Å². The average molecular weight is 545 g/mol. The molecule has 3 aromatic rings. The molecule has 210 valence electrons. The Morgan fingerprint density at radius 1 is 0.700 bits per heavy atom. The third-order valence-electron chi connectivity index (χ3n) is 6.01. The Bertz CT molecular complexity index is 1240. The van der Waals surface area contributed by atoms with E-state index in [0.717, 1.165) is 16.7 Å². The van der Waals surface area contributed by atoms with E-state index in [0.29, 0.717) is 13.0 Å². The fourth-order valence-corrected chi connectivity index (χ4v) is 3.98. The average Bonchev–Trinajstić information content (AvgIpc) is 2.96. The van der Waals surface area contributed by atoms with E-state index >= 15 is 0 Å². The fraction of sp³-hybridized carbons (Fsp3) is 0.290. The van der Waals surface area contributed by atoms with Crippen LogP contribution in [0.5, 0.6) is 0 Å². The van der Waals surface area contributed by atoms with Gasteiger partial charge < -0.3 is 15.4 Å². The van der Waals surface area contributed by atoms with Gasteiger partial charge in [-0.15, -0.1) is 0 Å². The maximum absolute atomic E-state index is 13.3. The second kappa shape index (κ2) is 15.8. The number of hydrogen-bond donors (Lipinski definition) is 4. The number of ketones is 1. The first-order chi connectivity index (χ1) is 19.3. The van der Waals surface area contributed by atoms with E-state index in [1.54, 1.807) is 0 Å². The molecular formula is C31H36N4O5. The van der Waals surface area contributed by atoms with Crippen molar-refractivity contribution in [3.8, 4) is 0 Å². The summed E-state index contributed by atoms with van der Waals surface area (Å²) in [6, 6.07) is 25.5. The van der Waals surface area contributed by atoms with Crippen LogP contribution in [-0.4, -0.2) is 35.8 Å². The quantitative estimate of drug-likeness (QED) is 0.182. The highest BCUT2D eigenvalue weighted by Crippen LogP contribution is 2.09. The van der Waals surface area contributed by atoms with Crippen molar-refractivity contribution in [3.05, 3.63) is 108 Å². The minimum absolute atomic E-state index is 0.0496. The first kappa shape index (κ1) is 30.0. The van der Waals surface area contributed by atoms with Gasteiger partial charge in [-0.25, -0.2) is 10.2 Å². The summed E-state index contributed by atoms with van der Waals surface area (Å²) in [5.41, 5.74) is 7.66. The van der Waals surface area contributed by atoms with Crippen molar-refractivity contribution in [1.29, 1.82) is 0 Å². The van der Waals surface area contributed by atoms with Gasteiger partial charge in [0.15, 0.2) is 0 Å². The van der Waals surface area contributed by atoms with Gasteiger partial charge in [-0.3, -0.25) is 19.8 Å². The zero-order valence-electron chi connectivity index (χ0n) is 22.8. The number of Topliss-reactive ketones (excluding diaryl/α,β-unsaturated/α-hetero) is 1. The first-order valence-corrected chi connectivity index (χ1v) is 13.2. The highest BCUT2D eigenvalue weighted by molar-refractivity contribution is 6.38. The number of ether oxygens (including phenoxy) is 1. The molecule has 0 saturated heterocycles. The Morgan fingerprint density at radius 3 is 1.82 bits per heavy atom. The predicted molar refractivity (Wildman–Crippen MR) is 152 cm³/mol. The molecule has 9 heteroatoms. The lowest BCUT2D eigenvalue weighted by molar-refractivity contribution is -0.140. The van der Waals surface area contributed by atoms with Crippen LogP contribution >= 0.6 is 0 Å². The molecule has 3 rings (SSSR count). The molecule has 0 fully saturated rings. The second-order valence-electron chi connectivity index (χ2n) is 9.80. The third kappa shape index (κ3) is 10.3. The normalized spacial score (nSPS) is 12.2. The Balaban J connectivity index is 1.65. The minimum atomic E-state index is -1.15. The molecule has 0 aromatic heterocycles. The topological polar surface area (TPSA) is 126 Å². The van der Waals surface area contributed by atoms with Crippen LogP contribution in [0.3, 0.4) is 0 Å². The van der Waals surface area contributed by atoms with Gasteiger partial charge in [-0.2, -0.15) is 0 Å². The van der Waals surface area contributed by atoms with Gasteiger partial charge in [0.2, 0.25) is 11.7 Å². The molecule has 0 spiro atoms. The molecule has 40 heavy (non-hydrogen) atoms. The van der Waals surface area contributed by atoms with E-state index in [1.807, 2.05) is 105 Å². The van der Waals surface area contributed by atoms with E-state index < -0.39 is 35.8 Å². The van der Waals surface area contributed by atoms with Crippen molar-refractivity contribution in [1.82, 2.24) is 21.5 Å². The number of carbonyl (C=O) groups is 4. The lowest BCUT2D eigenvalue weighted by Gasteiger charge is -2.24. The zero-order valence-corrected chi connectivity index (χ0v) is 22.8. The van der Waals surface area contributed by atoms with E-state index in [2.05, 4.69) is 21.5 Å². The van der Waals surface area contributed by atoms with Crippen LogP contribution in [-0.2, 0) is 38.7 Å². The molecule has 0 saturated carbocycles. The second-order valence-corrected chi connectivity index (χ2v) is 9.80. The monoisotopic (exact) mass is 544 g/mol. The summed E-state index contributed by atoms with van der Waals surface area (Å²) in [6.07, 6.45) is -0.341. The number of nitrogens with one attached hydrogen (secondary N) is 4. The Kier molecular flexibility index (Phi) is 11.9. The molecule has 1 unspecified atom stereocenters. The van der Waals surface area contributed by atoms with E-state index in [9.17, 15) is 19.2 Å². The molecular weight excluding hydrogens is 508 g/mol. The molecule has 0 radical (unpaired) electrons. The third-order valence-corrected chi connectivity index (χ3v) is 6.01. The van der Waals surface area contributed by atoms with Crippen molar-refractivity contribution in [2.75, 3.05) is 0 Å². The van der Waals surface area contributed by atoms with Crippen molar-refractivity contribution in [3.63, 3.8) is 0 Å². The Hall–Kier alpha value is -4.50. The smallest absolute Gasteiger partial charge is 0.408 e. The van der Waals surface area contributed by atoms with Crippen LogP contribution in [0.4, 0.5) is 4.79 Å². The lowest BCUT2D eigenvalue weighted by atomic mass is 9.99. The van der Waals surface area contributed by atoms with Gasteiger partial charge in [-0.05, 0) is 29.0 Å². The summed E-state index contributed by atoms with van der Waals surface area (Å²) in [5, 5.41) is 5.30. The Morgan fingerprint density at radius 2 is 1.25 bits per heavy atom. The van der Waals surface area contributed by atoms with Crippen LogP contribution in [0, 0.1) is 5.92 Å². The van der Waals surface area contributed by atoms with Crippen LogP contribution < -0.4 is 21.5 Å². The van der Waals surface area contributed by atoms with Crippen LogP contribution in [0.1, 0.15) is 37.0 Å². The minimum Gasteiger partial charge on any atom is -0.445 e. The summed E-state index contributed by atoms with van der Waals surface area (Å²) in [7, 11) is 0. The summed E-state index contributed by atoms with van der Waals surface area (Å²) >= 11 is 0. The van der Waals surface area contributed by atoms with E-state index in [-0.39, 0.29) is 18.9 Å². The fourth-order valence-electron chi connectivity index (χ4n) is 3.98. The van der Waals surface area contributed by atoms with Crippen molar-refractivity contribution >= 4 is 23.7 Å². The summed E-state index contributed by atoms with van der Waals surface area (Å²) in [6.45, 7) is 4.19. The standard InChI is InChI=1S/C31H36N4O5/c1-22(2)18-27(34-31(39)40-21-25-16-10-5-11-17-25)29(37)33-26(19-23-12-6-3-7-13-23)28(36)30(38)35-32-20-24-14-8-4-9-15-24/h3-17,22,26-27,32H,18-21H2,1-2H3,(H,33,37)(H,34,39)(H,35,38)/t26-,27?/m0/s1. The maximum Gasteiger partial charge on any atom is 0.408 e. The summed E-state index contributed by atoms with van der Waals surface area (Å²) in [5.74, 6) is -2.22. The molecule has 0 aliphatic carbocycles. The number of amides is 3. The predicted octanol–water partition coefficient (Wildman–Crippen LogP) is 3.45. The number of hydrogen-bond acceptors (Lipinski definition) is 6. The number of carbonyl (C=O) groups excluding carboxylic acids is 4. The molecule has 0 aliphatic heterocycles. The van der Waals surface area contributed by atoms with Gasteiger partial charge in [0.1, 0.15) is 18.7 Å². The van der Waals surface area contributed by atoms with Crippen LogP contribution in [0.25, 0.3) is 0 Å². The highest BCUT2D eigenvalue weighted by Gasteiger charge is 2.31. The Labute approximate surface area is 234 Å². The number of hydrazine groups is 1. The SMILES string of the molecule is CC(C)CC(NC(=O)OCc1ccccc1)C(=O)N[C@@H](Cc1ccccc1)C(=O)C(=O)NNCc1ccccc1. The molecule has 4 N–H and O–H groups in total. The van der Waals surface area contributed by atoms with Gasteiger partial charge in [0.25, 0.3) is 0 Å².